The van der Waals surface area contributed by atoms with Gasteiger partial charge in [0.25, 0.3) is 0 Å². The van der Waals surface area contributed by atoms with E-state index < -0.39 is 0 Å². The number of aryl methyl sites for hydroxylation is 1. The highest BCUT2D eigenvalue weighted by atomic mass is 16.2. The third kappa shape index (κ3) is 5.14. The van der Waals surface area contributed by atoms with E-state index in [1.54, 1.807) is 10.9 Å². The topological polar surface area (TPSA) is 76.0 Å². The van der Waals surface area contributed by atoms with Crippen LogP contribution in [-0.4, -0.2) is 28.1 Å². The molecule has 0 spiro atoms. The normalized spacial score (nSPS) is 10.0. The molecule has 0 aliphatic rings. The van der Waals surface area contributed by atoms with Gasteiger partial charge < -0.3 is 10.6 Å². The monoisotopic (exact) mass is 238 g/mol. The molecule has 0 bridgehead atoms. The standard InChI is InChI=1S/C11H18N4O2/c1-3-4-10(16)13-7-11(17)12-5-9-6-14-15(2)8-9/h6,8H,3-5,7H2,1-2H3,(H,12,17)(H,13,16). The third-order valence-electron chi connectivity index (χ3n) is 2.17. The van der Waals surface area contributed by atoms with Gasteiger partial charge in [-0.3, -0.25) is 14.3 Å². The maximum absolute atomic E-state index is 11.4. The number of carbonyl (C=O) groups is 2. The molecule has 1 aromatic rings. The molecule has 2 N–H and O–H groups in total. The molecule has 0 saturated heterocycles. The predicted molar refractivity (Wildman–Crippen MR) is 63.0 cm³/mol. The lowest BCUT2D eigenvalue weighted by molar-refractivity contribution is -0.126. The molecule has 0 aromatic carbocycles. The van der Waals surface area contributed by atoms with Crippen molar-refractivity contribution in [3.63, 3.8) is 0 Å². The van der Waals surface area contributed by atoms with Crippen molar-refractivity contribution in [1.82, 2.24) is 20.4 Å². The van der Waals surface area contributed by atoms with Crippen molar-refractivity contribution < 1.29 is 9.59 Å². The Labute approximate surface area is 100 Å². The molecule has 6 heteroatoms. The van der Waals surface area contributed by atoms with Crippen LogP contribution >= 0.6 is 0 Å². The first kappa shape index (κ1) is 13.2. The van der Waals surface area contributed by atoms with Crippen molar-refractivity contribution in [2.45, 2.75) is 26.3 Å². The second-order valence-electron chi connectivity index (χ2n) is 3.83. The van der Waals surface area contributed by atoms with E-state index >= 15 is 0 Å². The van der Waals surface area contributed by atoms with Crippen LogP contribution in [0, 0.1) is 0 Å². The summed E-state index contributed by atoms with van der Waals surface area (Å²) in [6, 6.07) is 0. The van der Waals surface area contributed by atoms with E-state index in [1.165, 1.54) is 0 Å². The molecule has 2 amide bonds. The van der Waals surface area contributed by atoms with Crippen molar-refractivity contribution in [3.8, 4) is 0 Å². The SMILES string of the molecule is CCCC(=O)NCC(=O)NCc1cnn(C)c1. The number of aromatic nitrogens is 2. The molecular formula is C11H18N4O2. The Balaban J connectivity index is 2.19. The molecule has 0 saturated carbocycles. The van der Waals surface area contributed by atoms with Crippen LogP contribution in [0.15, 0.2) is 12.4 Å². The van der Waals surface area contributed by atoms with Crippen molar-refractivity contribution in [3.05, 3.63) is 18.0 Å². The lowest BCUT2D eigenvalue weighted by atomic mass is 10.3. The van der Waals surface area contributed by atoms with Gasteiger partial charge in [-0.25, -0.2) is 0 Å². The van der Waals surface area contributed by atoms with Gasteiger partial charge in [-0.05, 0) is 6.42 Å². The van der Waals surface area contributed by atoms with Gasteiger partial charge in [-0.2, -0.15) is 5.10 Å². The molecule has 17 heavy (non-hydrogen) atoms. The molecule has 0 aliphatic heterocycles. The number of rotatable bonds is 6. The van der Waals surface area contributed by atoms with Crippen molar-refractivity contribution >= 4 is 11.8 Å². The van der Waals surface area contributed by atoms with E-state index in [2.05, 4.69) is 15.7 Å². The summed E-state index contributed by atoms with van der Waals surface area (Å²) in [6.45, 7) is 2.37. The fraction of sp³-hybridized carbons (Fsp3) is 0.545. The molecule has 0 unspecified atom stereocenters. The summed E-state index contributed by atoms with van der Waals surface area (Å²) < 4.78 is 1.67. The van der Waals surface area contributed by atoms with Gasteiger partial charge in [0.1, 0.15) is 0 Å². The van der Waals surface area contributed by atoms with Crippen LogP contribution < -0.4 is 10.6 Å². The number of nitrogens with one attached hydrogen (secondary N) is 2. The molecule has 0 fully saturated rings. The molecule has 1 heterocycles. The molecule has 6 nitrogen and oxygen atoms in total. The zero-order valence-corrected chi connectivity index (χ0v) is 10.2. The highest BCUT2D eigenvalue weighted by Crippen LogP contribution is 1.94. The van der Waals surface area contributed by atoms with Crippen molar-refractivity contribution in [2.75, 3.05) is 6.54 Å². The van der Waals surface area contributed by atoms with Gasteiger partial charge in [0, 0.05) is 31.8 Å². The minimum atomic E-state index is -0.196. The van der Waals surface area contributed by atoms with Crippen LogP contribution in [0.3, 0.4) is 0 Å². The summed E-state index contributed by atoms with van der Waals surface area (Å²) in [5.41, 5.74) is 0.931. The zero-order valence-electron chi connectivity index (χ0n) is 10.2. The van der Waals surface area contributed by atoms with Gasteiger partial charge in [0.15, 0.2) is 0 Å². The number of carbonyl (C=O) groups excluding carboxylic acids is 2. The van der Waals surface area contributed by atoms with Gasteiger partial charge >= 0.3 is 0 Å². The first-order chi connectivity index (χ1) is 8.11. The highest BCUT2D eigenvalue weighted by molar-refractivity contribution is 5.84. The van der Waals surface area contributed by atoms with Gasteiger partial charge in [-0.1, -0.05) is 6.92 Å². The zero-order chi connectivity index (χ0) is 12.7. The fourth-order valence-corrected chi connectivity index (χ4v) is 1.32. The first-order valence-corrected chi connectivity index (χ1v) is 5.62. The smallest absolute Gasteiger partial charge is 0.239 e. The Morgan fingerprint density at radius 3 is 2.71 bits per heavy atom. The van der Waals surface area contributed by atoms with Crippen LogP contribution in [0.1, 0.15) is 25.3 Å². The average molecular weight is 238 g/mol. The van der Waals surface area contributed by atoms with E-state index in [9.17, 15) is 9.59 Å². The summed E-state index contributed by atoms with van der Waals surface area (Å²) in [6.07, 6.45) is 4.75. The van der Waals surface area contributed by atoms with E-state index in [-0.39, 0.29) is 18.4 Å². The molecule has 1 aromatic heterocycles. The Kier molecular flexibility index (Phi) is 5.19. The van der Waals surface area contributed by atoms with E-state index in [0.29, 0.717) is 13.0 Å². The van der Waals surface area contributed by atoms with Gasteiger partial charge in [-0.15, -0.1) is 0 Å². The van der Waals surface area contributed by atoms with Gasteiger partial charge in [0.05, 0.1) is 12.7 Å². The Hall–Kier alpha value is -1.85. The summed E-state index contributed by atoms with van der Waals surface area (Å²) in [5.74, 6) is -0.290. The minimum Gasteiger partial charge on any atom is -0.350 e. The summed E-state index contributed by atoms with van der Waals surface area (Å²) in [4.78, 5) is 22.5. The molecule has 1 rings (SSSR count). The summed E-state index contributed by atoms with van der Waals surface area (Å²) in [7, 11) is 1.82. The second kappa shape index (κ2) is 6.67. The molecule has 0 radical (unpaired) electrons. The lowest BCUT2D eigenvalue weighted by Crippen LogP contribution is -2.36. The number of hydrogen-bond acceptors (Lipinski definition) is 3. The number of amides is 2. The van der Waals surface area contributed by atoms with Crippen LogP contribution in [0.5, 0.6) is 0 Å². The quantitative estimate of drug-likeness (QED) is 0.729. The predicted octanol–water partition coefficient (Wildman–Crippen LogP) is -0.0474. The molecular weight excluding hydrogens is 220 g/mol. The third-order valence-corrected chi connectivity index (χ3v) is 2.17. The minimum absolute atomic E-state index is 0.0269. The van der Waals surface area contributed by atoms with Crippen LogP contribution in [0.25, 0.3) is 0 Å². The Morgan fingerprint density at radius 1 is 1.35 bits per heavy atom. The lowest BCUT2D eigenvalue weighted by Gasteiger charge is -2.05. The average Bonchev–Trinajstić information content (AvgIpc) is 2.70. The maximum Gasteiger partial charge on any atom is 0.239 e. The van der Waals surface area contributed by atoms with E-state index in [0.717, 1.165) is 12.0 Å². The summed E-state index contributed by atoms with van der Waals surface area (Å²) >= 11 is 0. The molecule has 94 valence electrons. The molecule has 0 atom stereocenters. The van der Waals surface area contributed by atoms with Crippen LogP contribution in [0.4, 0.5) is 0 Å². The second-order valence-corrected chi connectivity index (χ2v) is 3.83. The van der Waals surface area contributed by atoms with Crippen molar-refractivity contribution in [2.24, 2.45) is 7.05 Å². The van der Waals surface area contributed by atoms with E-state index in [4.69, 9.17) is 0 Å². The first-order valence-electron chi connectivity index (χ1n) is 5.62. The Morgan fingerprint density at radius 2 is 2.12 bits per heavy atom. The van der Waals surface area contributed by atoms with Crippen molar-refractivity contribution in [1.29, 1.82) is 0 Å². The van der Waals surface area contributed by atoms with Crippen LogP contribution in [0.2, 0.25) is 0 Å². The van der Waals surface area contributed by atoms with Gasteiger partial charge in [0.2, 0.25) is 11.8 Å². The summed E-state index contributed by atoms with van der Waals surface area (Å²) in [5, 5.41) is 9.24. The molecule has 0 aliphatic carbocycles. The highest BCUT2D eigenvalue weighted by Gasteiger charge is 2.04. The number of hydrogen-bond donors (Lipinski definition) is 2. The fourth-order valence-electron chi connectivity index (χ4n) is 1.32. The van der Waals surface area contributed by atoms with E-state index in [1.807, 2.05) is 20.2 Å². The largest absolute Gasteiger partial charge is 0.350 e. The maximum atomic E-state index is 11.4. The van der Waals surface area contributed by atoms with Crippen LogP contribution in [-0.2, 0) is 23.2 Å². The Bertz CT molecular complexity index is 387. The number of nitrogens with zero attached hydrogens (tertiary/aromatic N) is 2.